The Morgan fingerprint density at radius 1 is 0.279 bits per heavy atom. The van der Waals surface area contributed by atoms with Gasteiger partial charge in [0.1, 0.15) is 0 Å². The van der Waals surface area contributed by atoms with Crippen molar-refractivity contribution < 1.29 is 0 Å². The highest BCUT2D eigenvalue weighted by atomic mass is 15.2. The molecule has 0 saturated heterocycles. The van der Waals surface area contributed by atoms with Crippen molar-refractivity contribution in [2.75, 3.05) is 14.7 Å². The molecule has 0 atom stereocenters. The molecule has 61 heavy (non-hydrogen) atoms. The molecule has 6 aliphatic heterocycles. The Kier molecular flexibility index (Phi) is 4.35. The summed E-state index contributed by atoms with van der Waals surface area (Å²) < 4.78 is 0. The summed E-state index contributed by atoms with van der Waals surface area (Å²) in [5.41, 5.74) is 20.2. The number of aryl methyl sites for hydroxylation is 3. The summed E-state index contributed by atoms with van der Waals surface area (Å²) in [5, 5.41) is 24.4. The third kappa shape index (κ3) is 2.82. The largest absolute Gasteiger partial charge is 0.310 e. The minimum Gasteiger partial charge on any atom is -0.310 e. The Hall–Kier alpha value is -7.56. The van der Waals surface area contributed by atoms with E-state index in [2.05, 4.69) is 163 Å². The number of hydrogen-bond acceptors (Lipinski definition) is 3. The van der Waals surface area contributed by atoms with Crippen LogP contribution in [0.5, 0.6) is 0 Å². The van der Waals surface area contributed by atoms with Gasteiger partial charge in [0.15, 0.2) is 0 Å². The van der Waals surface area contributed by atoms with Crippen molar-refractivity contribution in [2.24, 2.45) is 0 Å². The normalized spacial score (nSPS) is 15.0. The zero-order valence-electron chi connectivity index (χ0n) is 33.5. The van der Waals surface area contributed by atoms with Crippen molar-refractivity contribution in [3.8, 4) is 0 Å². The molecular weight excluding hydrogens is 737 g/mol. The molecule has 18 rings (SSSR count). The molecule has 276 valence electrons. The van der Waals surface area contributed by atoms with Crippen molar-refractivity contribution in [1.29, 1.82) is 0 Å². The molecule has 0 amide bonds. The predicted molar refractivity (Wildman–Crippen MR) is 261 cm³/mol. The van der Waals surface area contributed by atoms with Crippen molar-refractivity contribution in [3.63, 3.8) is 0 Å². The van der Waals surface area contributed by atoms with Gasteiger partial charge < -0.3 is 14.7 Å². The standard InChI is InChI=1S/C57H30BN3/c1-25-4-19-37-49-34(25)16-13-28-7-10-31-22-41-53-55(46(31)43(28)49)59(37)40-23-32-11-8-29-14-17-36-27(3)6-21-39-51(36)44(29)47(32)56-52(40)58(53)54-42(61(39)56)24-33-12-9-30-15-18-35-26(2)5-20-38-50(35)45(30)48(33)57(54)60(38)41/h4-24H,1-3H3. The van der Waals surface area contributed by atoms with Gasteiger partial charge in [0.2, 0.25) is 0 Å². The maximum atomic E-state index is 2.72. The lowest BCUT2D eigenvalue weighted by atomic mass is 9.31. The average molecular weight is 768 g/mol. The Bertz CT molecular complexity index is 3960. The maximum absolute atomic E-state index is 2.72. The van der Waals surface area contributed by atoms with E-state index >= 15 is 0 Å². The molecule has 0 aromatic heterocycles. The van der Waals surface area contributed by atoms with Crippen LogP contribution >= 0.6 is 0 Å². The second-order valence-corrected chi connectivity index (χ2v) is 18.9. The van der Waals surface area contributed by atoms with Crippen LogP contribution in [-0.2, 0) is 0 Å². The van der Waals surface area contributed by atoms with Gasteiger partial charge in [0.25, 0.3) is 6.71 Å². The summed E-state index contributed by atoms with van der Waals surface area (Å²) in [6.07, 6.45) is 0. The highest BCUT2D eigenvalue weighted by molar-refractivity contribution is 7.03. The highest BCUT2D eigenvalue weighted by Crippen LogP contribution is 2.62. The van der Waals surface area contributed by atoms with E-state index < -0.39 is 0 Å². The van der Waals surface area contributed by atoms with Crippen LogP contribution in [-0.4, -0.2) is 6.71 Å². The van der Waals surface area contributed by atoms with E-state index in [0.29, 0.717) is 0 Å². The molecule has 6 aliphatic rings. The molecule has 0 fully saturated rings. The Morgan fingerprint density at radius 2 is 0.574 bits per heavy atom. The van der Waals surface area contributed by atoms with E-state index in [4.69, 9.17) is 0 Å². The fourth-order valence-electron chi connectivity index (χ4n) is 14.0. The van der Waals surface area contributed by atoms with Crippen molar-refractivity contribution in [3.05, 3.63) is 144 Å². The SMILES string of the molecule is Cc1ccc2c3c1ccc1ccc4cc5c6c(c4c13)N2c1cc2ccc3ccc4c(C)ccc7c4c3c2c2c1B6c1c(cc3ccc4ccc6c(C)ccc8c6c4c3c1N58)N27. The fourth-order valence-corrected chi connectivity index (χ4v) is 14.0. The molecule has 6 heterocycles. The highest BCUT2D eigenvalue weighted by Gasteiger charge is 2.53. The first-order valence-corrected chi connectivity index (χ1v) is 21.8. The zero-order chi connectivity index (χ0) is 39.2. The van der Waals surface area contributed by atoms with Gasteiger partial charge in [-0.25, -0.2) is 0 Å². The van der Waals surface area contributed by atoms with Gasteiger partial charge in [0, 0.05) is 65.5 Å². The van der Waals surface area contributed by atoms with Gasteiger partial charge in [-0.3, -0.25) is 0 Å². The monoisotopic (exact) mass is 767 g/mol. The minimum atomic E-state index is 0.0475. The third-order valence-corrected chi connectivity index (χ3v) is 16.3. The number of nitrogens with zero attached hydrogens (tertiary/aromatic N) is 3. The van der Waals surface area contributed by atoms with Crippen LogP contribution in [0.15, 0.2) is 127 Å². The maximum Gasteiger partial charge on any atom is 0.257 e. The molecule has 0 radical (unpaired) electrons. The summed E-state index contributed by atoms with van der Waals surface area (Å²) in [7, 11) is 0. The van der Waals surface area contributed by atoms with Crippen LogP contribution < -0.4 is 31.1 Å². The molecule has 0 spiro atoms. The molecule has 0 bridgehead atoms. The molecular formula is C57H30BN3. The van der Waals surface area contributed by atoms with E-state index in [1.807, 2.05) is 0 Å². The third-order valence-electron chi connectivity index (χ3n) is 16.3. The number of rotatable bonds is 0. The predicted octanol–water partition coefficient (Wildman–Crippen LogP) is 13.8. The molecule has 0 unspecified atom stereocenters. The van der Waals surface area contributed by atoms with Crippen LogP contribution in [0.4, 0.5) is 51.2 Å². The molecule has 4 heteroatoms. The quantitative estimate of drug-likeness (QED) is 0.112. The first kappa shape index (κ1) is 29.6. The summed E-state index contributed by atoms with van der Waals surface area (Å²) in [6, 6.07) is 50.6. The van der Waals surface area contributed by atoms with E-state index in [0.717, 1.165) is 0 Å². The minimum absolute atomic E-state index is 0.0475. The van der Waals surface area contributed by atoms with E-state index in [1.54, 1.807) is 0 Å². The lowest BCUT2D eigenvalue weighted by Gasteiger charge is -2.52. The van der Waals surface area contributed by atoms with E-state index in [-0.39, 0.29) is 6.71 Å². The van der Waals surface area contributed by atoms with Crippen molar-refractivity contribution >= 4 is 171 Å². The van der Waals surface area contributed by atoms with E-state index in [1.165, 1.54) is 181 Å². The smallest absolute Gasteiger partial charge is 0.257 e. The van der Waals surface area contributed by atoms with Crippen molar-refractivity contribution in [1.82, 2.24) is 0 Å². The van der Waals surface area contributed by atoms with Gasteiger partial charge >= 0.3 is 0 Å². The summed E-state index contributed by atoms with van der Waals surface area (Å²) in [6.45, 7) is 6.89. The number of anilines is 9. The molecule has 0 saturated carbocycles. The molecule has 12 aromatic carbocycles. The van der Waals surface area contributed by atoms with Crippen LogP contribution in [0.1, 0.15) is 16.7 Å². The Labute approximate surface area is 349 Å². The average Bonchev–Trinajstić information content (AvgIpc) is 3.29. The van der Waals surface area contributed by atoms with Gasteiger partial charge in [-0.15, -0.1) is 0 Å². The van der Waals surface area contributed by atoms with E-state index in [9.17, 15) is 0 Å². The van der Waals surface area contributed by atoms with Crippen LogP contribution in [0, 0.1) is 20.8 Å². The van der Waals surface area contributed by atoms with Gasteiger partial charge in [-0.05, 0) is 139 Å². The van der Waals surface area contributed by atoms with Crippen molar-refractivity contribution in [2.45, 2.75) is 20.8 Å². The number of hydrogen-bond donors (Lipinski definition) is 0. The zero-order valence-corrected chi connectivity index (χ0v) is 33.5. The first-order valence-electron chi connectivity index (χ1n) is 21.8. The summed E-state index contributed by atoms with van der Waals surface area (Å²) in [4.78, 5) is 8.17. The summed E-state index contributed by atoms with van der Waals surface area (Å²) >= 11 is 0. The van der Waals surface area contributed by atoms with Crippen LogP contribution in [0.25, 0.3) is 97.0 Å². The Morgan fingerprint density at radius 3 is 0.902 bits per heavy atom. The second-order valence-electron chi connectivity index (χ2n) is 18.9. The lowest BCUT2D eigenvalue weighted by Crippen LogP contribution is -2.65. The van der Waals surface area contributed by atoms with Gasteiger partial charge in [0.05, 0.1) is 34.1 Å². The number of benzene rings is 12. The molecule has 12 aromatic rings. The number of fused-ring (bicyclic) bond motifs is 6. The second kappa shape index (κ2) is 8.96. The van der Waals surface area contributed by atoms with Gasteiger partial charge in [-0.1, -0.05) is 91.0 Å². The Balaban J connectivity index is 1.16. The van der Waals surface area contributed by atoms with Crippen LogP contribution in [0.3, 0.4) is 0 Å². The van der Waals surface area contributed by atoms with Crippen LogP contribution in [0.2, 0.25) is 0 Å². The summed E-state index contributed by atoms with van der Waals surface area (Å²) in [5.74, 6) is 0. The molecule has 0 aliphatic carbocycles. The first-order chi connectivity index (χ1) is 30.0. The van der Waals surface area contributed by atoms with Gasteiger partial charge in [-0.2, -0.15) is 0 Å². The molecule has 3 nitrogen and oxygen atoms in total. The fraction of sp³-hybridized carbons (Fsp3) is 0.0526. The molecule has 0 N–H and O–H groups in total. The lowest BCUT2D eigenvalue weighted by molar-refractivity contribution is 1.25. The topological polar surface area (TPSA) is 9.72 Å².